The van der Waals surface area contributed by atoms with Crippen molar-refractivity contribution < 1.29 is 0 Å². The van der Waals surface area contributed by atoms with Crippen molar-refractivity contribution in [1.82, 2.24) is 4.90 Å². The van der Waals surface area contributed by atoms with Crippen molar-refractivity contribution in [3.8, 4) is 6.07 Å². The van der Waals surface area contributed by atoms with E-state index in [-0.39, 0.29) is 12.4 Å². The fraction of sp³-hybridized carbons (Fsp3) is 0.889. The van der Waals surface area contributed by atoms with Crippen LogP contribution in [-0.4, -0.2) is 30.4 Å². The normalized spacial score (nSPS) is 9.38. The van der Waals surface area contributed by atoms with Gasteiger partial charge in [0.15, 0.2) is 0 Å². The van der Waals surface area contributed by atoms with Gasteiger partial charge < -0.3 is 4.90 Å². The van der Waals surface area contributed by atoms with E-state index < -0.39 is 0 Å². The van der Waals surface area contributed by atoms with Crippen LogP contribution in [-0.2, 0) is 0 Å². The fourth-order valence-electron chi connectivity index (χ4n) is 1.04. The summed E-state index contributed by atoms with van der Waals surface area (Å²) in [5.41, 5.74) is 0. The summed E-state index contributed by atoms with van der Waals surface area (Å²) in [7, 11) is 0. The minimum atomic E-state index is 0. The fourth-order valence-corrected chi connectivity index (χ4v) is 1.28. The Morgan fingerprint density at radius 1 is 1.31 bits per heavy atom. The number of nitrogens with zero attached hydrogens (tertiary/aromatic N) is 2. The third-order valence-corrected chi connectivity index (χ3v) is 1.94. The molecule has 4 heteroatoms. The second-order valence-corrected chi connectivity index (χ2v) is 3.17. The zero-order valence-electron chi connectivity index (χ0n) is 8.13. The van der Waals surface area contributed by atoms with E-state index in [0.29, 0.717) is 12.3 Å². The van der Waals surface area contributed by atoms with Gasteiger partial charge in [0.1, 0.15) is 0 Å². The molecule has 0 amide bonds. The SMILES string of the molecule is CCCCN(CCCl)CCC#N.Cl. The van der Waals surface area contributed by atoms with Gasteiger partial charge in [-0.2, -0.15) is 5.26 Å². The molecule has 0 aliphatic carbocycles. The average Bonchev–Trinajstić information content (AvgIpc) is 2.10. The first kappa shape index (κ1) is 15.5. The summed E-state index contributed by atoms with van der Waals surface area (Å²) >= 11 is 5.63. The molecule has 78 valence electrons. The Morgan fingerprint density at radius 2 is 2.00 bits per heavy atom. The smallest absolute Gasteiger partial charge is 0.0635 e. The summed E-state index contributed by atoms with van der Waals surface area (Å²) in [6.07, 6.45) is 3.01. The second-order valence-electron chi connectivity index (χ2n) is 2.79. The van der Waals surface area contributed by atoms with Crippen molar-refractivity contribution in [3.05, 3.63) is 0 Å². The number of halogens is 2. The molecule has 0 aliphatic heterocycles. The highest BCUT2D eigenvalue weighted by Gasteiger charge is 2.01. The van der Waals surface area contributed by atoms with Crippen LogP contribution in [0, 0.1) is 11.3 Å². The third-order valence-electron chi connectivity index (χ3n) is 1.77. The van der Waals surface area contributed by atoms with Crippen LogP contribution in [0.2, 0.25) is 0 Å². The van der Waals surface area contributed by atoms with Crippen LogP contribution in [0.1, 0.15) is 26.2 Å². The van der Waals surface area contributed by atoms with Gasteiger partial charge in [-0.1, -0.05) is 13.3 Å². The van der Waals surface area contributed by atoms with E-state index >= 15 is 0 Å². The largest absolute Gasteiger partial charge is 0.301 e. The van der Waals surface area contributed by atoms with Crippen LogP contribution < -0.4 is 0 Å². The lowest BCUT2D eigenvalue weighted by Gasteiger charge is -2.18. The lowest BCUT2D eigenvalue weighted by Crippen LogP contribution is -2.27. The zero-order valence-corrected chi connectivity index (χ0v) is 9.70. The molecule has 2 nitrogen and oxygen atoms in total. The van der Waals surface area contributed by atoms with Crippen LogP contribution in [0.4, 0.5) is 0 Å². The van der Waals surface area contributed by atoms with Gasteiger partial charge in [-0.25, -0.2) is 0 Å². The summed E-state index contributed by atoms with van der Waals surface area (Å²) in [4.78, 5) is 2.25. The first-order valence-corrected chi connectivity index (χ1v) is 5.03. The molecule has 0 N–H and O–H groups in total. The van der Waals surface area contributed by atoms with Crippen molar-refractivity contribution in [3.63, 3.8) is 0 Å². The molecule has 0 fully saturated rings. The molecule has 0 spiro atoms. The molecular formula is C9H18Cl2N2. The molecule has 0 aromatic carbocycles. The molecule has 0 saturated carbocycles. The molecule has 0 heterocycles. The second kappa shape index (κ2) is 12.0. The number of hydrogen-bond acceptors (Lipinski definition) is 2. The van der Waals surface area contributed by atoms with Crippen LogP contribution in [0.15, 0.2) is 0 Å². The van der Waals surface area contributed by atoms with E-state index in [9.17, 15) is 0 Å². The van der Waals surface area contributed by atoms with Gasteiger partial charge in [-0.05, 0) is 13.0 Å². The van der Waals surface area contributed by atoms with E-state index in [0.717, 1.165) is 19.6 Å². The molecule has 0 aliphatic rings. The summed E-state index contributed by atoms with van der Waals surface area (Å²) in [6, 6.07) is 2.15. The maximum atomic E-state index is 8.40. The van der Waals surface area contributed by atoms with Gasteiger partial charge in [-0.3, -0.25) is 0 Å². The molecule has 0 bridgehead atoms. The Bertz CT molecular complexity index is 134. The summed E-state index contributed by atoms with van der Waals surface area (Å²) in [6.45, 7) is 5.01. The minimum absolute atomic E-state index is 0. The van der Waals surface area contributed by atoms with Crippen LogP contribution >= 0.6 is 24.0 Å². The Labute approximate surface area is 92.3 Å². The number of rotatable bonds is 7. The van der Waals surface area contributed by atoms with Gasteiger partial charge in [-0.15, -0.1) is 24.0 Å². The van der Waals surface area contributed by atoms with Crippen molar-refractivity contribution in [2.45, 2.75) is 26.2 Å². The molecule has 0 saturated heterocycles. The Balaban J connectivity index is 0. The molecule has 0 atom stereocenters. The van der Waals surface area contributed by atoms with E-state index in [1.54, 1.807) is 0 Å². The third kappa shape index (κ3) is 9.95. The highest BCUT2D eigenvalue weighted by Crippen LogP contribution is 1.97. The average molecular weight is 225 g/mol. The van der Waals surface area contributed by atoms with Crippen molar-refractivity contribution in [1.29, 1.82) is 5.26 Å². The first-order chi connectivity index (χ1) is 5.85. The van der Waals surface area contributed by atoms with Gasteiger partial charge in [0, 0.05) is 25.4 Å². The van der Waals surface area contributed by atoms with E-state index in [4.69, 9.17) is 16.9 Å². The Morgan fingerprint density at radius 3 is 2.46 bits per heavy atom. The van der Waals surface area contributed by atoms with Crippen molar-refractivity contribution in [2.24, 2.45) is 0 Å². The molecular weight excluding hydrogens is 207 g/mol. The maximum absolute atomic E-state index is 8.40. The van der Waals surface area contributed by atoms with Gasteiger partial charge in [0.25, 0.3) is 0 Å². The first-order valence-electron chi connectivity index (χ1n) is 4.50. The van der Waals surface area contributed by atoms with Crippen molar-refractivity contribution in [2.75, 3.05) is 25.5 Å². The monoisotopic (exact) mass is 224 g/mol. The van der Waals surface area contributed by atoms with Crippen LogP contribution in [0.3, 0.4) is 0 Å². The number of alkyl halides is 1. The van der Waals surface area contributed by atoms with E-state index in [1.165, 1.54) is 12.8 Å². The standard InChI is InChI=1S/C9H17ClN2.ClH/c1-2-3-7-12(9-5-10)8-4-6-11;/h2-5,7-9H2,1H3;1H. The molecule has 13 heavy (non-hydrogen) atoms. The molecule has 0 aromatic rings. The quantitative estimate of drug-likeness (QED) is 0.623. The Hall–Kier alpha value is 0.0300. The zero-order chi connectivity index (χ0) is 9.23. The molecule has 0 radical (unpaired) electrons. The van der Waals surface area contributed by atoms with Crippen molar-refractivity contribution >= 4 is 24.0 Å². The summed E-state index contributed by atoms with van der Waals surface area (Å²) in [5.74, 6) is 0.662. The predicted molar refractivity (Wildman–Crippen MR) is 59.5 cm³/mol. The molecule has 0 aromatic heterocycles. The number of nitriles is 1. The van der Waals surface area contributed by atoms with Gasteiger partial charge >= 0.3 is 0 Å². The topological polar surface area (TPSA) is 27.0 Å². The van der Waals surface area contributed by atoms with E-state index in [1.807, 2.05) is 0 Å². The lowest BCUT2D eigenvalue weighted by molar-refractivity contribution is 0.291. The van der Waals surface area contributed by atoms with Crippen LogP contribution in [0.5, 0.6) is 0 Å². The summed E-state index contributed by atoms with van der Waals surface area (Å²) < 4.78 is 0. The molecule has 0 rings (SSSR count). The Kier molecular flexibility index (Phi) is 14.3. The number of hydrogen-bond donors (Lipinski definition) is 0. The number of unbranched alkanes of at least 4 members (excludes halogenated alkanes) is 1. The maximum Gasteiger partial charge on any atom is 0.0635 e. The highest BCUT2D eigenvalue weighted by molar-refractivity contribution is 6.18. The molecule has 0 unspecified atom stereocenters. The van der Waals surface area contributed by atoms with Crippen LogP contribution in [0.25, 0.3) is 0 Å². The highest BCUT2D eigenvalue weighted by atomic mass is 35.5. The van der Waals surface area contributed by atoms with Gasteiger partial charge in [0.2, 0.25) is 0 Å². The predicted octanol–water partition coefficient (Wildman–Crippen LogP) is 2.66. The van der Waals surface area contributed by atoms with Gasteiger partial charge in [0.05, 0.1) is 6.07 Å². The summed E-state index contributed by atoms with van der Waals surface area (Å²) in [5, 5.41) is 8.40. The van der Waals surface area contributed by atoms with E-state index in [2.05, 4.69) is 17.9 Å². The minimum Gasteiger partial charge on any atom is -0.301 e. The lowest BCUT2D eigenvalue weighted by atomic mass is 10.3.